The molecule has 0 fully saturated rings. The van der Waals surface area contributed by atoms with Gasteiger partial charge in [0.1, 0.15) is 11.4 Å². The number of hydrogen-bond acceptors (Lipinski definition) is 12. The van der Waals surface area contributed by atoms with Crippen LogP contribution in [0.5, 0.6) is 0 Å². The highest BCUT2D eigenvalue weighted by molar-refractivity contribution is 7.15. The highest BCUT2D eigenvalue weighted by Gasteiger charge is 2.38. The van der Waals surface area contributed by atoms with E-state index >= 15 is 8.78 Å². The van der Waals surface area contributed by atoms with Crippen molar-refractivity contribution in [3.8, 4) is 22.5 Å². The van der Waals surface area contributed by atoms with Gasteiger partial charge in [-0.15, -0.1) is 0 Å². The number of rotatable bonds is 26. The van der Waals surface area contributed by atoms with Crippen LogP contribution in [0.15, 0.2) is 85.5 Å². The quantitative estimate of drug-likeness (QED) is 0.0223. The van der Waals surface area contributed by atoms with E-state index in [4.69, 9.17) is 14.2 Å². The zero-order chi connectivity index (χ0) is 55.8. The molecule has 0 aliphatic heterocycles. The molecule has 0 saturated heterocycles. The maximum Gasteiger partial charge on any atom is 0.423 e. The predicted molar refractivity (Wildman–Crippen MR) is 279 cm³/mol. The molecule has 4 heterocycles. The molecule has 2 aromatic carbocycles. The number of aromatic nitrogens is 4. The predicted octanol–water partition coefficient (Wildman–Crippen LogP) is 17.0. The van der Waals surface area contributed by atoms with Crippen LogP contribution in [0.25, 0.3) is 22.5 Å². The first-order valence-electron chi connectivity index (χ1n) is 25.4. The minimum absolute atomic E-state index is 0.00337. The first-order chi connectivity index (χ1) is 36.7. The molecule has 12 nitrogen and oxygen atoms in total. The average Bonchev–Trinajstić information content (AvgIpc) is 3.98. The van der Waals surface area contributed by atoms with Gasteiger partial charge in [-0.2, -0.15) is 35.1 Å². The summed E-state index contributed by atoms with van der Waals surface area (Å²) in [6.07, 6.45) is 3.42. The van der Waals surface area contributed by atoms with Gasteiger partial charge in [0.15, 0.2) is 0 Å². The number of hydrogen-bond donors (Lipinski definition) is 0. The van der Waals surface area contributed by atoms with Crippen molar-refractivity contribution in [2.45, 2.75) is 136 Å². The van der Waals surface area contributed by atoms with Crippen LogP contribution < -0.4 is 9.80 Å². The topological polar surface area (TPSA) is 137 Å². The second-order valence-corrected chi connectivity index (χ2v) is 20.7. The maximum atomic E-state index is 15.5. The molecule has 0 radical (unpaired) electrons. The molecular weight excluding hydrogens is 1060 g/mol. The van der Waals surface area contributed by atoms with Gasteiger partial charge in [0.2, 0.25) is 27.3 Å². The van der Waals surface area contributed by atoms with Crippen molar-refractivity contribution in [1.82, 2.24) is 19.9 Å². The second kappa shape index (κ2) is 27.7. The fourth-order valence-electron chi connectivity index (χ4n) is 8.24. The molecule has 77 heavy (non-hydrogen) atoms. The van der Waals surface area contributed by atoms with Crippen LogP contribution >= 0.6 is 22.7 Å². The number of esters is 1. The van der Waals surface area contributed by atoms with Crippen LogP contribution in [0.1, 0.15) is 133 Å². The monoisotopic (exact) mass is 1120 g/mol. The van der Waals surface area contributed by atoms with Gasteiger partial charge in [0.25, 0.3) is 0 Å². The fraction of sp³-hybridized carbons (Fsp3) is 0.436. The number of ether oxygens (including phenoxy) is 3. The van der Waals surface area contributed by atoms with E-state index in [-0.39, 0.29) is 69.4 Å². The molecule has 0 bridgehead atoms. The van der Waals surface area contributed by atoms with Crippen molar-refractivity contribution in [2.75, 3.05) is 23.2 Å². The number of alkyl halides is 6. The Balaban J connectivity index is 1.17. The zero-order valence-electron chi connectivity index (χ0n) is 43.1. The number of carbonyl (C=O) groups excluding carboxylic acids is 3. The minimum atomic E-state index is -4.84. The normalized spacial score (nSPS) is 11.9. The van der Waals surface area contributed by atoms with Gasteiger partial charge < -0.3 is 14.2 Å². The smallest absolute Gasteiger partial charge is 0.423 e. The summed E-state index contributed by atoms with van der Waals surface area (Å²) in [5.41, 5.74) is -4.18. The van der Waals surface area contributed by atoms with Crippen LogP contribution in [0, 0.1) is 15.7 Å². The van der Waals surface area contributed by atoms with Crippen molar-refractivity contribution in [2.24, 2.45) is 5.41 Å². The summed E-state index contributed by atoms with van der Waals surface area (Å²) in [7, 11) is 0. The number of carbonyl (C=O) groups is 3. The third-order valence-electron chi connectivity index (χ3n) is 12.6. The van der Waals surface area contributed by atoms with E-state index < -0.39 is 75.8 Å². The van der Waals surface area contributed by atoms with Crippen LogP contribution in [0.3, 0.4) is 0 Å². The lowest BCUT2D eigenvalue weighted by Crippen LogP contribution is -2.33. The van der Waals surface area contributed by atoms with Gasteiger partial charge in [0.05, 0.1) is 34.5 Å². The lowest BCUT2D eigenvalue weighted by Gasteiger charge is -2.25. The molecule has 0 atom stereocenters. The van der Waals surface area contributed by atoms with Crippen molar-refractivity contribution >= 4 is 62.5 Å². The summed E-state index contributed by atoms with van der Waals surface area (Å²) in [6.45, 7) is 5.29. The molecule has 0 saturated carbocycles. The summed E-state index contributed by atoms with van der Waals surface area (Å²) in [5.74, 6) is -0.999. The molecule has 4 aromatic heterocycles. The van der Waals surface area contributed by atoms with Crippen LogP contribution in [0.4, 0.5) is 66.4 Å². The van der Waals surface area contributed by atoms with Gasteiger partial charge in [0, 0.05) is 35.9 Å². The third-order valence-corrected chi connectivity index (χ3v) is 14.2. The summed E-state index contributed by atoms with van der Waals surface area (Å²) in [4.78, 5) is 59.2. The van der Waals surface area contributed by atoms with E-state index in [9.17, 15) is 40.7 Å². The Morgan fingerprint density at radius 1 is 0.571 bits per heavy atom. The molecule has 0 aliphatic rings. The second-order valence-electron chi connectivity index (χ2n) is 18.8. The SMILES string of the molecule is CCCCCCCCc1ccc(N(C(=O)OCCC(C)(C)C(=O)OCOC(=O)N(c2ccc(CCCCCCCC)c(C(F)(F)F)c2)c2nc(-c3cccnc3)c(F)s2)c2nc(-c3cccnc3)c(F)s2)cc1C(F)(F)F. The van der Waals surface area contributed by atoms with E-state index in [1.165, 1.54) is 87.2 Å². The first kappa shape index (κ1) is 59.7. The lowest BCUT2D eigenvalue weighted by molar-refractivity contribution is -0.163. The number of pyridine rings is 2. The van der Waals surface area contributed by atoms with E-state index in [1.54, 1.807) is 0 Å². The van der Waals surface area contributed by atoms with E-state index in [1.807, 2.05) is 0 Å². The Hall–Kier alpha value is -6.55. The third kappa shape index (κ3) is 16.5. The van der Waals surface area contributed by atoms with Gasteiger partial charge in [-0.3, -0.25) is 14.8 Å². The molecule has 0 aliphatic carbocycles. The number of anilines is 4. The fourth-order valence-corrected chi connectivity index (χ4v) is 9.90. The van der Waals surface area contributed by atoms with E-state index in [2.05, 4.69) is 33.8 Å². The Labute approximate surface area is 449 Å². The van der Waals surface area contributed by atoms with Crippen molar-refractivity contribution in [3.63, 3.8) is 0 Å². The van der Waals surface area contributed by atoms with Gasteiger partial charge in [-0.05, 0) is 106 Å². The summed E-state index contributed by atoms with van der Waals surface area (Å²) < 4.78 is 135. The van der Waals surface area contributed by atoms with Gasteiger partial charge >= 0.3 is 30.5 Å². The molecular formula is C55H60F8N6O6S2. The molecule has 6 aromatic rings. The number of aryl methyl sites for hydroxylation is 2. The Morgan fingerprint density at radius 3 is 1.42 bits per heavy atom. The maximum absolute atomic E-state index is 15.5. The molecule has 414 valence electrons. The van der Waals surface area contributed by atoms with Gasteiger partial charge in [-0.25, -0.2) is 29.4 Å². The molecule has 2 amide bonds. The Bertz CT molecular complexity index is 2880. The van der Waals surface area contributed by atoms with Crippen molar-refractivity contribution in [3.05, 3.63) is 118 Å². The van der Waals surface area contributed by atoms with Crippen LogP contribution in [0.2, 0.25) is 0 Å². The highest BCUT2D eigenvalue weighted by atomic mass is 32.1. The number of halogens is 8. The number of benzene rings is 2. The van der Waals surface area contributed by atoms with Crippen LogP contribution in [-0.4, -0.2) is 51.5 Å². The number of unbranched alkanes of at least 4 members (excludes halogenated alkanes) is 10. The van der Waals surface area contributed by atoms with Crippen molar-refractivity contribution in [1.29, 1.82) is 0 Å². The minimum Gasteiger partial charge on any atom is -0.449 e. The van der Waals surface area contributed by atoms with Crippen LogP contribution in [-0.2, 0) is 44.2 Å². The van der Waals surface area contributed by atoms with Crippen molar-refractivity contribution < 1.29 is 63.7 Å². The van der Waals surface area contributed by atoms with E-state index in [0.29, 0.717) is 45.3 Å². The standard InChI is InChI=1S/C55H60F8N6O6S2/c1-5-7-9-11-13-15-19-36-23-25-40(31-42(36)54(58,59)60)68(49-66-44(46(56)76-49)38-21-17-28-64-33-38)51(71)73-30-27-53(3,4)48(70)74-35-75-52(72)69(50-67-45(47(57)77-50)39-22-18-29-65-34-39)41-26-24-37(43(32-41)55(61,62)63)20-16-14-12-10-8-6-2/h17-18,21-26,28-29,31-34H,5-16,19-20,27,30,35H2,1-4H3. The highest BCUT2D eigenvalue weighted by Crippen LogP contribution is 2.42. The summed E-state index contributed by atoms with van der Waals surface area (Å²) >= 11 is 0.744. The molecule has 22 heteroatoms. The average molecular weight is 1120 g/mol. The first-order valence-corrected chi connectivity index (χ1v) is 27.0. The number of amides is 2. The lowest BCUT2D eigenvalue weighted by atomic mass is 9.90. The zero-order valence-corrected chi connectivity index (χ0v) is 44.7. The Kier molecular flexibility index (Phi) is 21.4. The molecule has 0 N–H and O–H groups in total. The Morgan fingerprint density at radius 2 is 1.00 bits per heavy atom. The number of thiazole rings is 2. The molecule has 6 rings (SSSR count). The largest absolute Gasteiger partial charge is 0.449 e. The van der Waals surface area contributed by atoms with Gasteiger partial charge in [-0.1, -0.05) is 113 Å². The van der Waals surface area contributed by atoms with E-state index in [0.717, 1.165) is 76.3 Å². The summed E-state index contributed by atoms with van der Waals surface area (Å²) in [5, 5.41) is -2.50. The molecule has 0 spiro atoms. The number of nitrogens with zero attached hydrogens (tertiary/aromatic N) is 6. The summed E-state index contributed by atoms with van der Waals surface area (Å²) in [6, 6.07) is 12.7. The molecule has 0 unspecified atom stereocenters.